The number of hydrogen-bond acceptors (Lipinski definition) is 4. The highest BCUT2D eigenvalue weighted by molar-refractivity contribution is 7.89. The number of rotatable bonds is 6. The summed E-state index contributed by atoms with van der Waals surface area (Å²) in [7, 11) is -0.560. The lowest BCUT2D eigenvalue weighted by molar-refractivity contribution is 0.352. The van der Waals surface area contributed by atoms with Gasteiger partial charge in [-0.3, -0.25) is 0 Å². The molecule has 0 radical (unpaired) electrons. The number of hydrogen-bond donors (Lipinski definition) is 1. The van der Waals surface area contributed by atoms with Crippen LogP contribution in [0.2, 0.25) is 0 Å². The van der Waals surface area contributed by atoms with Gasteiger partial charge in [0.05, 0.1) is 24.7 Å². The molecule has 0 unspecified atom stereocenters. The van der Waals surface area contributed by atoms with Gasteiger partial charge in [0.2, 0.25) is 10.0 Å². The summed E-state index contributed by atoms with van der Waals surface area (Å²) in [6.45, 7) is 7.36. The fraction of sp³-hybridized carbons (Fsp3) is 0.368. The molecule has 5 nitrogen and oxygen atoms in total. The maximum Gasteiger partial charge on any atom is 0.241 e. The van der Waals surface area contributed by atoms with Gasteiger partial charge in [0.1, 0.15) is 0 Å². The molecule has 0 amide bonds. The first-order chi connectivity index (χ1) is 11.6. The Morgan fingerprint density at radius 3 is 2.12 bits per heavy atom. The molecule has 0 fully saturated rings. The Balaban J connectivity index is 2.40. The molecule has 1 N–H and O–H groups in total. The van der Waals surface area contributed by atoms with Crippen LogP contribution in [0.4, 0.5) is 0 Å². The van der Waals surface area contributed by atoms with Crippen molar-refractivity contribution in [3.63, 3.8) is 0 Å². The summed E-state index contributed by atoms with van der Waals surface area (Å²) >= 11 is 0. The fourth-order valence-corrected chi connectivity index (χ4v) is 4.41. The normalized spacial score (nSPS) is 12.1. The topological polar surface area (TPSA) is 64.6 Å². The lowest BCUT2D eigenvalue weighted by Crippen LogP contribution is -2.41. The van der Waals surface area contributed by atoms with Crippen LogP contribution in [0.15, 0.2) is 41.3 Å². The van der Waals surface area contributed by atoms with E-state index in [4.69, 9.17) is 9.47 Å². The first-order valence-electron chi connectivity index (χ1n) is 7.94. The molecular weight excluding hydrogens is 338 g/mol. The summed E-state index contributed by atoms with van der Waals surface area (Å²) in [5, 5.41) is 0. The minimum Gasteiger partial charge on any atom is -0.493 e. The van der Waals surface area contributed by atoms with E-state index >= 15 is 0 Å². The third-order valence-corrected chi connectivity index (χ3v) is 5.93. The van der Waals surface area contributed by atoms with Gasteiger partial charge in [-0.05, 0) is 57.0 Å². The second kappa shape index (κ2) is 7.06. The summed E-state index contributed by atoms with van der Waals surface area (Å²) in [5.74, 6) is 1.15. The molecule has 2 rings (SSSR count). The Kier molecular flexibility index (Phi) is 5.44. The lowest BCUT2D eigenvalue weighted by atomic mass is 9.95. The Morgan fingerprint density at radius 1 is 0.920 bits per heavy atom. The van der Waals surface area contributed by atoms with E-state index in [0.717, 1.165) is 16.7 Å². The minimum atomic E-state index is -3.67. The summed E-state index contributed by atoms with van der Waals surface area (Å²) < 4.78 is 39.1. The Hall–Kier alpha value is -2.05. The van der Waals surface area contributed by atoms with E-state index in [-0.39, 0.29) is 4.90 Å². The molecule has 0 aliphatic carbocycles. The van der Waals surface area contributed by atoms with Crippen LogP contribution in [-0.2, 0) is 15.6 Å². The first kappa shape index (κ1) is 19.3. The highest BCUT2D eigenvalue weighted by Crippen LogP contribution is 2.33. The van der Waals surface area contributed by atoms with Crippen LogP contribution in [0.5, 0.6) is 11.5 Å². The summed E-state index contributed by atoms with van der Waals surface area (Å²) in [6, 6.07) is 10.7. The second-order valence-corrected chi connectivity index (χ2v) is 8.22. The first-order valence-corrected chi connectivity index (χ1v) is 9.43. The zero-order valence-corrected chi connectivity index (χ0v) is 16.3. The Morgan fingerprint density at radius 2 is 1.56 bits per heavy atom. The maximum absolute atomic E-state index is 12.9. The van der Waals surface area contributed by atoms with Crippen molar-refractivity contribution >= 4 is 10.0 Å². The van der Waals surface area contributed by atoms with Gasteiger partial charge in [0, 0.05) is 0 Å². The van der Waals surface area contributed by atoms with Crippen molar-refractivity contribution in [3.05, 3.63) is 53.1 Å². The number of methoxy groups -OCH3 is 2. The monoisotopic (exact) mass is 363 g/mol. The molecule has 0 spiro atoms. The summed E-state index contributed by atoms with van der Waals surface area (Å²) in [6.07, 6.45) is 0. The van der Waals surface area contributed by atoms with Gasteiger partial charge < -0.3 is 9.47 Å². The third kappa shape index (κ3) is 4.14. The van der Waals surface area contributed by atoms with Gasteiger partial charge in [-0.15, -0.1) is 0 Å². The number of nitrogens with one attached hydrogen (secondary N) is 1. The summed E-state index contributed by atoms with van der Waals surface area (Å²) in [4.78, 5) is 0.284. The van der Waals surface area contributed by atoms with Gasteiger partial charge in [-0.25, -0.2) is 13.1 Å². The Bertz CT molecular complexity index is 873. The van der Waals surface area contributed by atoms with Crippen molar-refractivity contribution in [2.24, 2.45) is 0 Å². The number of sulfonamides is 1. The van der Waals surface area contributed by atoms with Gasteiger partial charge in [0.25, 0.3) is 0 Å². The molecule has 25 heavy (non-hydrogen) atoms. The Labute approximate surface area is 150 Å². The molecule has 0 heterocycles. The van der Waals surface area contributed by atoms with E-state index < -0.39 is 15.6 Å². The maximum atomic E-state index is 12.9. The van der Waals surface area contributed by atoms with Gasteiger partial charge >= 0.3 is 0 Å². The van der Waals surface area contributed by atoms with Gasteiger partial charge in [0.15, 0.2) is 11.5 Å². The predicted molar refractivity (Wildman–Crippen MR) is 98.8 cm³/mol. The van der Waals surface area contributed by atoms with Gasteiger partial charge in [-0.1, -0.05) is 23.8 Å². The van der Waals surface area contributed by atoms with E-state index in [1.54, 1.807) is 45.4 Å². The smallest absolute Gasteiger partial charge is 0.241 e. The molecule has 136 valence electrons. The van der Waals surface area contributed by atoms with Crippen LogP contribution in [0, 0.1) is 13.8 Å². The minimum absolute atomic E-state index is 0.284. The molecule has 0 aliphatic heterocycles. The molecule has 0 bridgehead atoms. The van der Waals surface area contributed by atoms with Crippen molar-refractivity contribution in [2.45, 2.75) is 38.1 Å². The quantitative estimate of drug-likeness (QED) is 0.853. The van der Waals surface area contributed by atoms with Gasteiger partial charge in [-0.2, -0.15) is 0 Å². The zero-order valence-electron chi connectivity index (χ0n) is 15.5. The van der Waals surface area contributed by atoms with Crippen LogP contribution >= 0.6 is 0 Å². The number of benzene rings is 2. The molecule has 0 aliphatic rings. The highest BCUT2D eigenvalue weighted by atomic mass is 32.2. The molecular formula is C19H25NO4S. The fourth-order valence-electron chi connectivity index (χ4n) is 2.78. The molecule has 2 aromatic rings. The number of ether oxygens (including phenoxy) is 2. The third-order valence-electron chi connectivity index (χ3n) is 4.11. The lowest BCUT2D eigenvalue weighted by Gasteiger charge is -2.27. The largest absolute Gasteiger partial charge is 0.493 e. The number of aryl methyl sites for hydroxylation is 2. The summed E-state index contributed by atoms with van der Waals surface area (Å²) in [5.41, 5.74) is 1.69. The van der Waals surface area contributed by atoms with E-state index in [9.17, 15) is 8.42 Å². The van der Waals surface area contributed by atoms with Crippen LogP contribution in [0.3, 0.4) is 0 Å². The SMILES string of the molecule is COc1ccc(C(C)(C)NS(=O)(=O)c2ccc(C)cc2C)cc1OC. The standard InChI is InChI=1S/C19H25NO4S/c1-13-7-10-18(14(2)11-13)25(21,22)20-19(3,4)15-8-9-16(23-5)17(12-15)24-6/h7-12,20H,1-6H3. The molecule has 6 heteroatoms. The van der Waals surface area contributed by atoms with Crippen LogP contribution in [0.1, 0.15) is 30.5 Å². The van der Waals surface area contributed by atoms with Crippen LogP contribution < -0.4 is 14.2 Å². The molecule has 0 saturated heterocycles. The van der Waals surface area contributed by atoms with Crippen LogP contribution in [-0.4, -0.2) is 22.6 Å². The molecule has 0 saturated carbocycles. The van der Waals surface area contributed by atoms with Crippen molar-refractivity contribution < 1.29 is 17.9 Å². The van der Waals surface area contributed by atoms with E-state index in [2.05, 4.69) is 4.72 Å². The zero-order chi connectivity index (χ0) is 18.8. The molecule has 0 atom stereocenters. The second-order valence-electron chi connectivity index (χ2n) is 6.57. The van der Waals surface area contributed by atoms with Crippen molar-refractivity contribution in [3.8, 4) is 11.5 Å². The van der Waals surface area contributed by atoms with Crippen molar-refractivity contribution in [1.29, 1.82) is 0 Å². The molecule has 0 aromatic heterocycles. The average Bonchev–Trinajstić information content (AvgIpc) is 2.52. The van der Waals surface area contributed by atoms with E-state index in [1.807, 2.05) is 32.9 Å². The highest BCUT2D eigenvalue weighted by Gasteiger charge is 2.29. The van der Waals surface area contributed by atoms with Crippen molar-refractivity contribution in [1.82, 2.24) is 4.72 Å². The van der Waals surface area contributed by atoms with E-state index in [1.165, 1.54) is 0 Å². The average molecular weight is 363 g/mol. The predicted octanol–water partition coefficient (Wildman–Crippen LogP) is 3.53. The van der Waals surface area contributed by atoms with Crippen LogP contribution in [0.25, 0.3) is 0 Å². The van der Waals surface area contributed by atoms with Crippen molar-refractivity contribution in [2.75, 3.05) is 14.2 Å². The van der Waals surface area contributed by atoms with E-state index in [0.29, 0.717) is 11.5 Å². The molecule has 2 aromatic carbocycles.